The second-order valence-corrected chi connectivity index (χ2v) is 4.98. The standard InChI is InChI=1S/C15H22N2O2/c1-19-14-8-6-12(7-9-14)10-11-16-15(18)17-13-4-2-3-5-13/h6-9,13H,2-5,10-11H2,1H3,(H2,16,17,18). The topological polar surface area (TPSA) is 50.4 Å². The van der Waals surface area contributed by atoms with E-state index in [1.54, 1.807) is 7.11 Å². The van der Waals surface area contributed by atoms with Crippen LogP contribution in [-0.2, 0) is 6.42 Å². The van der Waals surface area contributed by atoms with Crippen LogP contribution in [0.4, 0.5) is 4.79 Å². The van der Waals surface area contributed by atoms with Gasteiger partial charge in [0.1, 0.15) is 5.75 Å². The van der Waals surface area contributed by atoms with Crippen LogP contribution in [0.1, 0.15) is 31.2 Å². The van der Waals surface area contributed by atoms with Gasteiger partial charge in [-0.25, -0.2) is 4.79 Å². The fraction of sp³-hybridized carbons (Fsp3) is 0.533. The van der Waals surface area contributed by atoms with Gasteiger partial charge in [-0.15, -0.1) is 0 Å². The number of carbonyl (C=O) groups is 1. The summed E-state index contributed by atoms with van der Waals surface area (Å²) in [6.45, 7) is 0.658. The fourth-order valence-electron chi connectivity index (χ4n) is 2.42. The highest BCUT2D eigenvalue weighted by Gasteiger charge is 2.16. The van der Waals surface area contributed by atoms with Gasteiger partial charge >= 0.3 is 6.03 Å². The first-order chi connectivity index (χ1) is 9.28. The predicted molar refractivity (Wildman–Crippen MR) is 75.5 cm³/mol. The molecule has 0 aliphatic heterocycles. The molecule has 1 aromatic rings. The zero-order valence-corrected chi connectivity index (χ0v) is 11.4. The molecule has 0 atom stereocenters. The van der Waals surface area contributed by atoms with Crippen LogP contribution in [0.15, 0.2) is 24.3 Å². The van der Waals surface area contributed by atoms with Crippen molar-refractivity contribution in [3.05, 3.63) is 29.8 Å². The number of benzene rings is 1. The molecule has 104 valence electrons. The lowest BCUT2D eigenvalue weighted by atomic mass is 10.1. The summed E-state index contributed by atoms with van der Waals surface area (Å²) in [6.07, 6.45) is 5.54. The molecule has 19 heavy (non-hydrogen) atoms. The number of hydrogen-bond donors (Lipinski definition) is 2. The van der Waals surface area contributed by atoms with E-state index < -0.39 is 0 Å². The van der Waals surface area contributed by atoms with Crippen LogP contribution in [0.25, 0.3) is 0 Å². The average Bonchev–Trinajstić information content (AvgIpc) is 2.92. The summed E-state index contributed by atoms with van der Waals surface area (Å²) in [4.78, 5) is 11.6. The Morgan fingerprint density at radius 3 is 2.58 bits per heavy atom. The summed E-state index contributed by atoms with van der Waals surface area (Å²) in [5, 5.41) is 5.92. The summed E-state index contributed by atoms with van der Waals surface area (Å²) in [5.74, 6) is 0.857. The SMILES string of the molecule is COc1ccc(CCNC(=O)NC2CCCC2)cc1. The Morgan fingerprint density at radius 1 is 1.26 bits per heavy atom. The normalized spacial score (nSPS) is 15.2. The largest absolute Gasteiger partial charge is 0.497 e. The van der Waals surface area contributed by atoms with Gasteiger partial charge in [-0.05, 0) is 37.0 Å². The molecule has 4 nitrogen and oxygen atoms in total. The first kappa shape index (κ1) is 13.7. The first-order valence-corrected chi connectivity index (χ1v) is 6.95. The second-order valence-electron chi connectivity index (χ2n) is 4.98. The molecule has 1 saturated carbocycles. The Bertz CT molecular complexity index is 397. The van der Waals surface area contributed by atoms with Crippen LogP contribution in [0.3, 0.4) is 0 Å². The number of ether oxygens (including phenoxy) is 1. The van der Waals surface area contributed by atoms with E-state index in [0.29, 0.717) is 12.6 Å². The maximum absolute atomic E-state index is 11.6. The molecule has 0 aromatic heterocycles. The van der Waals surface area contributed by atoms with E-state index in [1.807, 2.05) is 24.3 Å². The van der Waals surface area contributed by atoms with Gasteiger partial charge < -0.3 is 15.4 Å². The van der Waals surface area contributed by atoms with Gasteiger partial charge in [-0.2, -0.15) is 0 Å². The van der Waals surface area contributed by atoms with Crippen molar-refractivity contribution in [2.45, 2.75) is 38.1 Å². The number of amides is 2. The van der Waals surface area contributed by atoms with Crippen molar-refractivity contribution < 1.29 is 9.53 Å². The minimum atomic E-state index is -0.0413. The van der Waals surface area contributed by atoms with Crippen molar-refractivity contribution in [2.75, 3.05) is 13.7 Å². The smallest absolute Gasteiger partial charge is 0.315 e. The molecule has 0 radical (unpaired) electrons. The third-order valence-electron chi connectivity index (χ3n) is 3.55. The quantitative estimate of drug-likeness (QED) is 0.856. The van der Waals surface area contributed by atoms with Crippen molar-refractivity contribution in [3.8, 4) is 5.75 Å². The molecule has 2 N–H and O–H groups in total. The third-order valence-corrected chi connectivity index (χ3v) is 3.55. The molecular weight excluding hydrogens is 240 g/mol. The van der Waals surface area contributed by atoms with E-state index in [9.17, 15) is 4.79 Å². The number of methoxy groups -OCH3 is 1. The number of hydrogen-bond acceptors (Lipinski definition) is 2. The van der Waals surface area contributed by atoms with Gasteiger partial charge in [0, 0.05) is 12.6 Å². The molecule has 0 heterocycles. The van der Waals surface area contributed by atoms with E-state index >= 15 is 0 Å². The zero-order chi connectivity index (χ0) is 13.5. The van der Waals surface area contributed by atoms with Crippen molar-refractivity contribution >= 4 is 6.03 Å². The van der Waals surface area contributed by atoms with Gasteiger partial charge in [0.25, 0.3) is 0 Å². The molecule has 0 saturated heterocycles. The molecular formula is C15H22N2O2. The van der Waals surface area contributed by atoms with Gasteiger partial charge in [0.05, 0.1) is 7.11 Å². The van der Waals surface area contributed by atoms with Crippen LogP contribution in [-0.4, -0.2) is 25.7 Å². The summed E-state index contributed by atoms with van der Waals surface area (Å²) in [7, 11) is 1.66. The summed E-state index contributed by atoms with van der Waals surface area (Å²) in [6, 6.07) is 8.26. The number of nitrogens with one attached hydrogen (secondary N) is 2. The number of carbonyl (C=O) groups excluding carboxylic acids is 1. The zero-order valence-electron chi connectivity index (χ0n) is 11.4. The first-order valence-electron chi connectivity index (χ1n) is 6.95. The Morgan fingerprint density at radius 2 is 1.95 bits per heavy atom. The van der Waals surface area contributed by atoms with Crippen LogP contribution >= 0.6 is 0 Å². The highest BCUT2D eigenvalue weighted by atomic mass is 16.5. The van der Waals surface area contributed by atoms with E-state index in [2.05, 4.69) is 10.6 Å². The molecule has 0 bridgehead atoms. The third kappa shape index (κ3) is 4.47. The van der Waals surface area contributed by atoms with Crippen molar-refractivity contribution in [3.63, 3.8) is 0 Å². The molecule has 1 aromatic carbocycles. The Kier molecular flexibility index (Phi) is 5.07. The average molecular weight is 262 g/mol. The minimum Gasteiger partial charge on any atom is -0.497 e. The molecule has 4 heteroatoms. The Balaban J connectivity index is 1.65. The lowest BCUT2D eigenvalue weighted by molar-refractivity contribution is 0.237. The summed E-state index contributed by atoms with van der Waals surface area (Å²) in [5.41, 5.74) is 1.20. The van der Waals surface area contributed by atoms with Crippen LogP contribution in [0.5, 0.6) is 5.75 Å². The van der Waals surface area contributed by atoms with E-state index in [4.69, 9.17) is 4.74 Å². The van der Waals surface area contributed by atoms with Gasteiger partial charge in [0.2, 0.25) is 0 Å². The maximum atomic E-state index is 11.6. The van der Waals surface area contributed by atoms with Gasteiger partial charge in [-0.3, -0.25) is 0 Å². The van der Waals surface area contributed by atoms with Crippen LogP contribution in [0, 0.1) is 0 Å². The molecule has 2 amide bonds. The van der Waals surface area contributed by atoms with Crippen LogP contribution < -0.4 is 15.4 Å². The molecule has 0 spiro atoms. The molecule has 1 aliphatic rings. The summed E-state index contributed by atoms with van der Waals surface area (Å²) < 4.78 is 5.11. The highest BCUT2D eigenvalue weighted by Crippen LogP contribution is 2.17. The molecule has 2 rings (SSSR count). The Labute approximate surface area is 114 Å². The van der Waals surface area contributed by atoms with Crippen molar-refractivity contribution in [1.82, 2.24) is 10.6 Å². The van der Waals surface area contributed by atoms with Crippen LogP contribution in [0.2, 0.25) is 0 Å². The van der Waals surface area contributed by atoms with Crippen molar-refractivity contribution in [1.29, 1.82) is 0 Å². The minimum absolute atomic E-state index is 0.0413. The number of urea groups is 1. The van der Waals surface area contributed by atoms with Gasteiger partial charge in [0.15, 0.2) is 0 Å². The molecule has 1 fully saturated rings. The van der Waals surface area contributed by atoms with Gasteiger partial charge in [-0.1, -0.05) is 25.0 Å². The van der Waals surface area contributed by atoms with E-state index in [-0.39, 0.29) is 6.03 Å². The monoisotopic (exact) mass is 262 g/mol. The molecule has 0 unspecified atom stereocenters. The Hall–Kier alpha value is -1.71. The van der Waals surface area contributed by atoms with E-state index in [0.717, 1.165) is 25.0 Å². The maximum Gasteiger partial charge on any atom is 0.315 e. The van der Waals surface area contributed by atoms with E-state index in [1.165, 1.54) is 18.4 Å². The highest BCUT2D eigenvalue weighted by molar-refractivity contribution is 5.74. The summed E-state index contributed by atoms with van der Waals surface area (Å²) >= 11 is 0. The lowest BCUT2D eigenvalue weighted by Crippen LogP contribution is -2.41. The van der Waals surface area contributed by atoms with Crippen molar-refractivity contribution in [2.24, 2.45) is 0 Å². The predicted octanol–water partition coefficient (Wildman–Crippen LogP) is 2.48. The fourth-order valence-corrected chi connectivity index (χ4v) is 2.42. The second kappa shape index (κ2) is 7.02. The molecule has 1 aliphatic carbocycles. The number of rotatable bonds is 5. The lowest BCUT2D eigenvalue weighted by Gasteiger charge is -2.12.